The van der Waals surface area contributed by atoms with Crippen LogP contribution in [0, 0.1) is 29.1 Å². The van der Waals surface area contributed by atoms with Gasteiger partial charge in [0.25, 0.3) is 0 Å². The highest BCUT2D eigenvalue weighted by molar-refractivity contribution is 7.91. The molecule has 1 aromatic carbocycles. The summed E-state index contributed by atoms with van der Waals surface area (Å²) in [6.45, 7) is 11.3. The highest BCUT2D eigenvalue weighted by Crippen LogP contribution is 2.57. The van der Waals surface area contributed by atoms with E-state index in [4.69, 9.17) is 19.2 Å². The van der Waals surface area contributed by atoms with Crippen LogP contribution in [0.25, 0.3) is 10.9 Å². The third kappa shape index (κ3) is 10.2. The molecule has 1 N–H and O–H groups in total. The van der Waals surface area contributed by atoms with Crippen molar-refractivity contribution >= 4 is 44.5 Å². The number of piperazine rings is 1. The molecule has 66 heavy (non-hydrogen) atoms. The number of amides is 2. The van der Waals surface area contributed by atoms with Gasteiger partial charge in [0.05, 0.1) is 52.8 Å². The quantitative estimate of drug-likeness (QED) is 0.134. The number of pyridine rings is 1. The van der Waals surface area contributed by atoms with Gasteiger partial charge in [-0.25, -0.2) is 13.4 Å². The van der Waals surface area contributed by atoms with Gasteiger partial charge in [-0.2, -0.15) is 0 Å². The number of allylic oxidation sites excluding steroid dienone is 1. The maximum Gasteiger partial charge on any atom is 0.306 e. The maximum absolute atomic E-state index is 15.2. The first-order valence-corrected chi connectivity index (χ1v) is 26.6. The molecule has 1 unspecified atom stereocenters. The van der Waals surface area contributed by atoms with Gasteiger partial charge in [0.1, 0.15) is 18.0 Å². The number of benzene rings is 1. The van der Waals surface area contributed by atoms with Crippen molar-refractivity contribution in [2.45, 2.75) is 145 Å². The minimum atomic E-state index is -3.96. The minimum absolute atomic E-state index is 0.0421. The van der Waals surface area contributed by atoms with Crippen LogP contribution in [0.3, 0.4) is 0 Å². The van der Waals surface area contributed by atoms with Gasteiger partial charge in [0, 0.05) is 51.0 Å². The third-order valence-corrected chi connectivity index (χ3v) is 18.5. The van der Waals surface area contributed by atoms with Crippen LogP contribution in [0.4, 0.5) is 0 Å². The van der Waals surface area contributed by atoms with E-state index in [0.717, 1.165) is 126 Å². The van der Waals surface area contributed by atoms with E-state index in [2.05, 4.69) is 28.1 Å². The van der Waals surface area contributed by atoms with Crippen molar-refractivity contribution in [1.82, 2.24) is 24.4 Å². The smallest absolute Gasteiger partial charge is 0.306 e. The van der Waals surface area contributed by atoms with E-state index in [1.807, 2.05) is 24.3 Å². The van der Waals surface area contributed by atoms with E-state index in [1.54, 1.807) is 17.9 Å². The zero-order valence-corrected chi connectivity index (χ0v) is 40.0. The molecule has 4 saturated carbocycles. The molecule has 2 bridgehead atoms. The Morgan fingerprint density at radius 1 is 0.970 bits per heavy atom. The van der Waals surface area contributed by atoms with Crippen LogP contribution in [0.1, 0.15) is 122 Å². The predicted octanol–water partition coefficient (Wildman–Crippen LogP) is 6.38. The number of nitrogens with one attached hydrogen (secondary N) is 1. The zero-order valence-electron chi connectivity index (χ0n) is 39.2. The molecule has 14 nitrogen and oxygen atoms in total. The number of carbonyl (C=O) groups excluding carboxylic acids is 4. The molecule has 4 heterocycles. The van der Waals surface area contributed by atoms with Gasteiger partial charge in [-0.3, -0.25) is 23.9 Å². The van der Waals surface area contributed by atoms with Crippen molar-refractivity contribution in [3.05, 3.63) is 42.5 Å². The summed E-state index contributed by atoms with van der Waals surface area (Å²) in [5.41, 5.74) is 0.316. The summed E-state index contributed by atoms with van der Waals surface area (Å²) < 4.78 is 47.7. The molecular weight excluding hydrogens is 859 g/mol. The van der Waals surface area contributed by atoms with Crippen LogP contribution in [0.2, 0.25) is 0 Å². The number of aromatic nitrogens is 1. The lowest BCUT2D eigenvalue weighted by molar-refractivity contribution is -0.153. The summed E-state index contributed by atoms with van der Waals surface area (Å²) in [5.74, 6) is -1.27. The number of para-hydroxylation sites is 1. The van der Waals surface area contributed by atoms with Gasteiger partial charge in [0.2, 0.25) is 27.7 Å². The number of likely N-dealkylation sites (N-methyl/N-ethyl adjacent to an activating group) is 1. The number of carbonyl (C=O) groups is 4. The number of rotatable bonds is 13. The number of ketones is 1. The second-order valence-electron chi connectivity index (χ2n) is 21.1. The number of esters is 1. The summed E-state index contributed by atoms with van der Waals surface area (Å²) in [6.07, 6.45) is 12.7. The van der Waals surface area contributed by atoms with Crippen molar-refractivity contribution in [1.29, 1.82) is 0 Å². The lowest BCUT2D eigenvalue weighted by Crippen LogP contribution is -2.48. The fourth-order valence-electron chi connectivity index (χ4n) is 11.4. The fourth-order valence-corrected chi connectivity index (χ4v) is 12.7. The van der Waals surface area contributed by atoms with Crippen molar-refractivity contribution in [2.75, 3.05) is 52.9 Å². The molecule has 360 valence electrons. The maximum atomic E-state index is 15.2. The van der Waals surface area contributed by atoms with E-state index in [1.165, 1.54) is 0 Å². The fraction of sp³-hybridized carbons (Fsp3) is 0.706. The van der Waals surface area contributed by atoms with E-state index in [-0.39, 0.29) is 61.9 Å². The number of hydrogen-bond donors (Lipinski definition) is 1. The Balaban J connectivity index is 1.03. The van der Waals surface area contributed by atoms with Crippen molar-refractivity contribution in [3.8, 4) is 11.6 Å². The molecule has 4 aliphatic carbocycles. The molecule has 0 spiro atoms. The second kappa shape index (κ2) is 19.5. The SMILES string of the molecule is C=C[C@@H]1CC1(CC(=O)[C@@H]1C[C@@H]2CN1C(=O)[C@H](C1CCCCC1)CC(=O)O[C@@H]1C[C@H]1CCCCCc1c(nc3ccccc3c1OCCCN1CCN(C)CC1)O2)C(=O)NS(=O)(=O)C1(C)CC1. The van der Waals surface area contributed by atoms with E-state index >= 15 is 4.79 Å². The lowest BCUT2D eigenvalue weighted by atomic mass is 9.77. The summed E-state index contributed by atoms with van der Waals surface area (Å²) in [6, 6.07) is 6.98. The van der Waals surface area contributed by atoms with Crippen molar-refractivity contribution in [3.63, 3.8) is 0 Å². The highest BCUT2D eigenvalue weighted by Gasteiger charge is 2.62. The van der Waals surface area contributed by atoms with Crippen LogP contribution in [0.15, 0.2) is 36.9 Å². The number of hydrogen-bond acceptors (Lipinski definition) is 12. The lowest BCUT2D eigenvalue weighted by Gasteiger charge is -2.34. The van der Waals surface area contributed by atoms with Gasteiger partial charge in [0.15, 0.2) is 5.78 Å². The van der Waals surface area contributed by atoms with Crippen LogP contribution >= 0.6 is 0 Å². The zero-order chi connectivity index (χ0) is 46.2. The molecule has 3 aliphatic heterocycles. The Morgan fingerprint density at radius 2 is 1.70 bits per heavy atom. The molecule has 7 aliphatic rings. The first-order valence-electron chi connectivity index (χ1n) is 25.1. The van der Waals surface area contributed by atoms with Gasteiger partial charge in [-0.1, -0.05) is 50.3 Å². The molecule has 15 heteroatoms. The molecule has 9 rings (SSSR count). The number of ether oxygens (including phenoxy) is 3. The summed E-state index contributed by atoms with van der Waals surface area (Å²) in [7, 11) is -1.80. The molecular formula is C51H71N5O9S. The van der Waals surface area contributed by atoms with E-state index < -0.39 is 50.1 Å². The highest BCUT2D eigenvalue weighted by atomic mass is 32.2. The van der Waals surface area contributed by atoms with E-state index in [9.17, 15) is 22.8 Å². The second-order valence-corrected chi connectivity index (χ2v) is 23.3. The standard InChI is InChI=1S/C51H71N5O9S/c1-4-36-31-51(36,49(60)53-66(61,62)50(2)20-21-50)32-43(57)42-29-37-33-56(42)48(59)40(34-14-7-5-8-15-34)30-45(58)65-44-28-35(44)16-9-6-10-18-39-46(38-17-11-12-19-41(38)52-47(39)64-37)63-27-13-22-55-25-23-54(3)24-26-55/h4,11-12,17,19,34-37,40,42,44H,1,5-10,13-16,18,20-33H2,2-3H3,(H,53,60)/t35-,36-,37-,40+,42+,44-,51?/m1/s1. The van der Waals surface area contributed by atoms with Gasteiger partial charge >= 0.3 is 5.97 Å². The Bertz CT molecular complexity index is 2270. The van der Waals surface area contributed by atoms with Gasteiger partial charge in [-0.15, -0.1) is 6.58 Å². The monoisotopic (exact) mass is 929 g/mol. The molecule has 7 atom stereocenters. The predicted molar refractivity (Wildman–Crippen MR) is 250 cm³/mol. The van der Waals surface area contributed by atoms with Crippen LogP contribution in [0.5, 0.6) is 11.6 Å². The van der Waals surface area contributed by atoms with Crippen LogP contribution in [-0.4, -0.2) is 128 Å². The molecule has 6 fully saturated rings. The number of fused-ring (bicyclic) bond motifs is 5. The summed E-state index contributed by atoms with van der Waals surface area (Å²) in [4.78, 5) is 69.5. The number of sulfonamides is 1. The molecule has 2 aromatic rings. The number of nitrogens with zero attached hydrogens (tertiary/aromatic N) is 4. The van der Waals surface area contributed by atoms with E-state index in [0.29, 0.717) is 37.7 Å². The third-order valence-electron chi connectivity index (χ3n) is 16.3. The Morgan fingerprint density at radius 3 is 2.42 bits per heavy atom. The summed E-state index contributed by atoms with van der Waals surface area (Å²) >= 11 is 0. The van der Waals surface area contributed by atoms with Crippen LogP contribution in [-0.2, 0) is 40.4 Å². The summed E-state index contributed by atoms with van der Waals surface area (Å²) in [5, 5.41) is 0.915. The topological polar surface area (TPSA) is 165 Å². The van der Waals surface area contributed by atoms with Crippen molar-refractivity contribution in [2.24, 2.45) is 29.1 Å². The Labute approximate surface area is 391 Å². The Hall–Kier alpha value is -4.08. The largest absolute Gasteiger partial charge is 0.492 e. The average Bonchev–Trinajstić information content (AvgIpc) is 4.27. The van der Waals surface area contributed by atoms with Gasteiger partial charge in [-0.05, 0) is 108 Å². The molecule has 0 radical (unpaired) electrons. The average molecular weight is 930 g/mol. The molecule has 1 aromatic heterocycles. The van der Waals surface area contributed by atoms with Crippen LogP contribution < -0.4 is 14.2 Å². The normalized spacial score (nSPS) is 31.0. The first-order chi connectivity index (χ1) is 31.8. The van der Waals surface area contributed by atoms with Crippen molar-refractivity contribution < 1.29 is 41.8 Å². The molecule has 2 amide bonds. The minimum Gasteiger partial charge on any atom is -0.492 e. The number of Topliss-reactive ketones (excluding diaryl/α,β-unsaturated/α-hetero) is 1. The first kappa shape index (κ1) is 47.0. The molecule has 2 saturated heterocycles. The Kier molecular flexibility index (Phi) is 13.9. The van der Waals surface area contributed by atoms with Gasteiger partial charge < -0.3 is 28.9 Å².